The number of nitrogens with zero attached hydrogens (tertiary/aromatic N) is 1. The second-order valence-electron chi connectivity index (χ2n) is 12.1. The third-order valence-electron chi connectivity index (χ3n) is 10.2. The molecular weight excluding hydrogens is 474 g/mol. The highest BCUT2D eigenvalue weighted by Gasteiger charge is 2.71. The molecule has 2 atom stereocenters. The highest BCUT2D eigenvalue weighted by molar-refractivity contribution is 5.97. The summed E-state index contributed by atoms with van der Waals surface area (Å²) >= 11 is 0. The fourth-order valence-corrected chi connectivity index (χ4v) is 8.02. The minimum absolute atomic E-state index is 0.117. The van der Waals surface area contributed by atoms with Crippen molar-refractivity contribution in [2.75, 3.05) is 0 Å². The molecule has 1 N–H and O–H groups in total. The van der Waals surface area contributed by atoms with E-state index in [1.54, 1.807) is 0 Å². The molecule has 0 heterocycles. The van der Waals surface area contributed by atoms with Gasteiger partial charge >= 0.3 is 0 Å². The van der Waals surface area contributed by atoms with Gasteiger partial charge in [-0.3, -0.25) is 4.99 Å². The molecule has 0 amide bonds. The highest BCUT2D eigenvalue weighted by atomic mass is 16.3. The van der Waals surface area contributed by atoms with Gasteiger partial charge in [0.1, 0.15) is 5.60 Å². The summed E-state index contributed by atoms with van der Waals surface area (Å²) in [5.74, 6) is 0.500. The van der Waals surface area contributed by atoms with E-state index in [2.05, 4.69) is 129 Å². The molecule has 5 aromatic rings. The van der Waals surface area contributed by atoms with Crippen molar-refractivity contribution in [3.63, 3.8) is 0 Å². The minimum Gasteiger partial charge on any atom is -0.379 e. The Morgan fingerprint density at radius 1 is 0.718 bits per heavy atom. The summed E-state index contributed by atoms with van der Waals surface area (Å²) in [6, 6.07) is 40.5. The number of rotatable bonds is 5. The molecule has 2 fully saturated rings. The van der Waals surface area contributed by atoms with Crippen LogP contribution >= 0.6 is 0 Å². The molecule has 2 saturated carbocycles. The van der Waals surface area contributed by atoms with Crippen molar-refractivity contribution in [1.29, 1.82) is 0 Å². The van der Waals surface area contributed by atoms with E-state index in [9.17, 15) is 5.11 Å². The van der Waals surface area contributed by atoms with Gasteiger partial charge in [-0.05, 0) is 81.0 Å². The second-order valence-corrected chi connectivity index (χ2v) is 12.1. The standard InChI is InChI=1S/C37H35NO/c1-35(2)31-20-21-36(35,34(24-31)38-25-26-10-4-3-5-11-26)37(39,32-18-16-27-12-6-8-14-29(27)22-32)33-19-17-28-13-7-9-15-30(28)23-33/h3-19,22-23,31,39H,20-21,24-25H2,1-2H3/t31-,36-/m1/s1. The van der Waals surface area contributed by atoms with Crippen LogP contribution in [0.2, 0.25) is 0 Å². The third kappa shape index (κ3) is 3.47. The molecule has 2 nitrogen and oxygen atoms in total. The number of hydrogen-bond donors (Lipinski definition) is 1. The van der Waals surface area contributed by atoms with Crippen LogP contribution in [0.4, 0.5) is 0 Å². The molecule has 0 spiro atoms. The van der Waals surface area contributed by atoms with Gasteiger partial charge < -0.3 is 5.11 Å². The average Bonchev–Trinajstić information content (AvgIpc) is 3.37. The van der Waals surface area contributed by atoms with E-state index >= 15 is 0 Å². The molecule has 0 aromatic heterocycles. The Labute approximate surface area is 231 Å². The molecule has 39 heavy (non-hydrogen) atoms. The normalized spacial score (nSPS) is 23.2. The summed E-state index contributed by atoms with van der Waals surface area (Å²) in [4.78, 5) is 5.34. The lowest BCUT2D eigenvalue weighted by atomic mass is 9.54. The summed E-state index contributed by atoms with van der Waals surface area (Å²) in [6.45, 7) is 5.40. The molecule has 2 aliphatic carbocycles. The maximum absolute atomic E-state index is 13.6. The summed E-state index contributed by atoms with van der Waals surface area (Å²) < 4.78 is 0. The van der Waals surface area contributed by atoms with E-state index in [0.717, 1.165) is 41.2 Å². The first-order chi connectivity index (χ1) is 18.9. The Morgan fingerprint density at radius 3 is 1.82 bits per heavy atom. The van der Waals surface area contributed by atoms with E-state index < -0.39 is 11.0 Å². The van der Waals surface area contributed by atoms with Crippen molar-refractivity contribution < 1.29 is 5.11 Å². The van der Waals surface area contributed by atoms with Crippen LogP contribution in [-0.4, -0.2) is 10.8 Å². The third-order valence-corrected chi connectivity index (χ3v) is 10.2. The molecule has 194 valence electrons. The van der Waals surface area contributed by atoms with Crippen molar-refractivity contribution >= 4 is 27.3 Å². The zero-order chi connectivity index (χ0) is 26.7. The van der Waals surface area contributed by atoms with Crippen molar-refractivity contribution in [2.24, 2.45) is 21.7 Å². The van der Waals surface area contributed by atoms with E-state index in [1.165, 1.54) is 22.0 Å². The van der Waals surface area contributed by atoms with E-state index in [4.69, 9.17) is 4.99 Å². The summed E-state index contributed by atoms with van der Waals surface area (Å²) in [5, 5.41) is 18.3. The van der Waals surface area contributed by atoms with Crippen molar-refractivity contribution in [2.45, 2.75) is 45.3 Å². The van der Waals surface area contributed by atoms with Crippen LogP contribution in [0, 0.1) is 16.7 Å². The minimum atomic E-state index is -1.23. The predicted molar refractivity (Wildman–Crippen MR) is 162 cm³/mol. The largest absolute Gasteiger partial charge is 0.379 e. The molecule has 2 aliphatic rings. The fraction of sp³-hybridized carbons (Fsp3) is 0.270. The van der Waals surface area contributed by atoms with Gasteiger partial charge in [0.15, 0.2) is 0 Å². The maximum atomic E-state index is 13.6. The zero-order valence-electron chi connectivity index (χ0n) is 22.8. The number of aliphatic imine (C=N–C) groups is 1. The van der Waals surface area contributed by atoms with Crippen LogP contribution in [0.25, 0.3) is 21.5 Å². The first-order valence-corrected chi connectivity index (χ1v) is 14.2. The van der Waals surface area contributed by atoms with Gasteiger partial charge in [0, 0.05) is 5.71 Å². The first kappa shape index (κ1) is 24.3. The van der Waals surface area contributed by atoms with Crippen LogP contribution in [-0.2, 0) is 12.1 Å². The quantitative estimate of drug-likeness (QED) is 0.252. The Morgan fingerprint density at radius 2 is 1.26 bits per heavy atom. The Kier molecular flexibility index (Phi) is 5.54. The fourth-order valence-electron chi connectivity index (χ4n) is 8.02. The van der Waals surface area contributed by atoms with Crippen LogP contribution in [0.1, 0.15) is 49.8 Å². The van der Waals surface area contributed by atoms with Crippen LogP contribution in [0.5, 0.6) is 0 Å². The second kappa shape index (κ2) is 8.89. The topological polar surface area (TPSA) is 32.6 Å². The molecule has 2 heteroatoms. The highest BCUT2D eigenvalue weighted by Crippen LogP contribution is 2.71. The molecular formula is C37H35NO. The Bertz CT molecular complexity index is 1640. The van der Waals surface area contributed by atoms with Crippen LogP contribution in [0.3, 0.4) is 0 Å². The summed E-state index contributed by atoms with van der Waals surface area (Å²) in [6.07, 6.45) is 2.98. The molecule has 7 rings (SSSR count). The van der Waals surface area contributed by atoms with Gasteiger partial charge in [0.2, 0.25) is 0 Å². The van der Waals surface area contributed by atoms with Crippen LogP contribution in [0.15, 0.2) is 120 Å². The lowest BCUT2D eigenvalue weighted by molar-refractivity contribution is -0.0630. The van der Waals surface area contributed by atoms with Crippen molar-refractivity contribution in [3.05, 3.63) is 132 Å². The Balaban J connectivity index is 1.50. The smallest absolute Gasteiger partial charge is 0.126 e. The molecule has 2 bridgehead atoms. The van der Waals surface area contributed by atoms with Crippen molar-refractivity contribution in [1.82, 2.24) is 0 Å². The van der Waals surface area contributed by atoms with Gasteiger partial charge in [-0.2, -0.15) is 0 Å². The van der Waals surface area contributed by atoms with Gasteiger partial charge in [-0.25, -0.2) is 0 Å². The summed E-state index contributed by atoms with van der Waals surface area (Å²) in [5.41, 5.74) is 2.45. The lowest BCUT2D eigenvalue weighted by Gasteiger charge is -2.51. The van der Waals surface area contributed by atoms with Crippen molar-refractivity contribution in [3.8, 4) is 0 Å². The molecule has 0 unspecified atom stereocenters. The van der Waals surface area contributed by atoms with Gasteiger partial charge in [0.05, 0.1) is 12.0 Å². The average molecular weight is 510 g/mol. The Hall–Kier alpha value is -3.75. The molecule has 5 aromatic carbocycles. The first-order valence-electron chi connectivity index (χ1n) is 14.2. The van der Waals surface area contributed by atoms with Crippen LogP contribution < -0.4 is 0 Å². The van der Waals surface area contributed by atoms with Gasteiger partial charge in [-0.1, -0.05) is 117 Å². The zero-order valence-corrected chi connectivity index (χ0v) is 22.8. The number of benzene rings is 5. The number of hydrogen-bond acceptors (Lipinski definition) is 2. The van der Waals surface area contributed by atoms with Gasteiger partial charge in [-0.15, -0.1) is 0 Å². The summed E-state index contributed by atoms with van der Waals surface area (Å²) in [7, 11) is 0. The van der Waals surface area contributed by atoms with E-state index in [-0.39, 0.29) is 5.41 Å². The SMILES string of the molecule is CC1(C)[C@@H]2CC[C@@]1(C(O)(c1ccc3ccccc3c1)c1ccc3ccccc3c1)C(=NCc1ccccc1)C2. The monoisotopic (exact) mass is 509 g/mol. The number of fused-ring (bicyclic) bond motifs is 4. The van der Waals surface area contributed by atoms with E-state index in [1.807, 2.05) is 0 Å². The van der Waals surface area contributed by atoms with E-state index in [0.29, 0.717) is 12.5 Å². The number of aliphatic hydroxyl groups is 1. The van der Waals surface area contributed by atoms with Gasteiger partial charge in [0.25, 0.3) is 0 Å². The molecule has 0 saturated heterocycles. The lowest BCUT2D eigenvalue weighted by Crippen LogP contribution is -2.55. The molecule has 0 radical (unpaired) electrons. The predicted octanol–water partition coefficient (Wildman–Crippen LogP) is 8.70. The maximum Gasteiger partial charge on any atom is 0.126 e. The molecule has 0 aliphatic heterocycles.